The summed E-state index contributed by atoms with van der Waals surface area (Å²) < 4.78 is 6.58. The molecule has 0 amide bonds. The molecule has 0 aliphatic heterocycles. The van der Waals surface area contributed by atoms with Crippen LogP contribution in [0.3, 0.4) is 0 Å². The number of halogens is 2. The van der Waals surface area contributed by atoms with Gasteiger partial charge in [0.05, 0.1) is 11.1 Å². The Morgan fingerprint density at radius 1 is 1.26 bits per heavy atom. The molecule has 0 saturated heterocycles. The molecule has 6 heteroatoms. The summed E-state index contributed by atoms with van der Waals surface area (Å²) in [6, 6.07) is 13.6. The molecule has 2 aromatic rings. The first-order chi connectivity index (χ1) is 10.9. The first-order valence-corrected chi connectivity index (χ1v) is 8.74. The Morgan fingerprint density at radius 2 is 1.96 bits per heavy atom. The Bertz CT molecular complexity index is 679. The molecule has 122 valence electrons. The van der Waals surface area contributed by atoms with Gasteiger partial charge >= 0.3 is 0 Å². The molecule has 0 bridgehead atoms. The number of nitrogens with one attached hydrogen (secondary N) is 2. The maximum absolute atomic E-state index is 6.06. The summed E-state index contributed by atoms with van der Waals surface area (Å²) in [5.41, 5.74) is 2.05. The van der Waals surface area contributed by atoms with Crippen LogP contribution in [0.2, 0.25) is 5.02 Å². The van der Waals surface area contributed by atoms with E-state index in [1.165, 1.54) is 5.56 Å². The lowest BCUT2D eigenvalue weighted by Crippen LogP contribution is -2.39. The molecule has 0 aromatic heterocycles. The minimum Gasteiger partial charge on any atom is -0.491 e. The number of hydrogen-bond acceptors (Lipinski definition) is 2. The van der Waals surface area contributed by atoms with Crippen molar-refractivity contribution >= 4 is 50.5 Å². The predicted octanol–water partition coefficient (Wildman–Crippen LogP) is 5.16. The van der Waals surface area contributed by atoms with Crippen molar-refractivity contribution < 1.29 is 4.74 Å². The van der Waals surface area contributed by atoms with E-state index in [9.17, 15) is 0 Å². The largest absolute Gasteiger partial charge is 0.491 e. The van der Waals surface area contributed by atoms with Crippen molar-refractivity contribution in [1.29, 1.82) is 0 Å². The van der Waals surface area contributed by atoms with Crippen LogP contribution in [0.1, 0.15) is 12.5 Å². The molecule has 0 aliphatic carbocycles. The summed E-state index contributed by atoms with van der Waals surface area (Å²) in [5, 5.41) is 7.45. The quantitative estimate of drug-likeness (QED) is 0.663. The normalized spacial score (nSPS) is 11.7. The lowest BCUT2D eigenvalue weighted by Gasteiger charge is -2.18. The number of rotatable bonds is 5. The molecule has 0 saturated carbocycles. The Hall–Kier alpha value is -1.30. The summed E-state index contributed by atoms with van der Waals surface area (Å²) in [7, 11) is 0. The lowest BCUT2D eigenvalue weighted by atomic mass is 10.2. The van der Waals surface area contributed by atoms with Gasteiger partial charge in [-0.1, -0.05) is 29.3 Å². The second-order valence-electron chi connectivity index (χ2n) is 5.25. The summed E-state index contributed by atoms with van der Waals surface area (Å²) in [4.78, 5) is 0. The maximum Gasteiger partial charge on any atom is 0.171 e. The van der Waals surface area contributed by atoms with Gasteiger partial charge in [-0.05, 0) is 72.3 Å². The topological polar surface area (TPSA) is 33.3 Å². The van der Waals surface area contributed by atoms with Crippen molar-refractivity contribution in [3.8, 4) is 5.75 Å². The summed E-state index contributed by atoms with van der Waals surface area (Å²) in [6.45, 7) is 4.58. The second kappa shape index (κ2) is 8.52. The number of thiocarbonyl (C=S) groups is 1. The minimum atomic E-state index is 0.0715. The number of ether oxygens (including phenoxy) is 1. The van der Waals surface area contributed by atoms with Crippen molar-refractivity contribution in [1.82, 2.24) is 5.32 Å². The van der Waals surface area contributed by atoms with Crippen LogP contribution in [-0.4, -0.2) is 17.8 Å². The van der Waals surface area contributed by atoms with Gasteiger partial charge < -0.3 is 15.4 Å². The highest BCUT2D eigenvalue weighted by Crippen LogP contribution is 2.25. The van der Waals surface area contributed by atoms with Crippen molar-refractivity contribution in [2.75, 3.05) is 11.9 Å². The highest BCUT2D eigenvalue weighted by Gasteiger charge is 2.06. The van der Waals surface area contributed by atoms with Gasteiger partial charge in [0.25, 0.3) is 0 Å². The molecule has 23 heavy (non-hydrogen) atoms. The molecule has 0 spiro atoms. The molecule has 2 N–H and O–H groups in total. The van der Waals surface area contributed by atoms with E-state index >= 15 is 0 Å². The second-order valence-corrected chi connectivity index (χ2v) is 6.92. The van der Waals surface area contributed by atoms with E-state index in [2.05, 4.69) is 26.6 Å². The smallest absolute Gasteiger partial charge is 0.171 e. The maximum atomic E-state index is 6.06. The average molecular weight is 414 g/mol. The zero-order chi connectivity index (χ0) is 16.8. The molecule has 0 aliphatic rings. The molecular formula is C17H18BrClN2OS. The van der Waals surface area contributed by atoms with E-state index in [0.717, 1.165) is 15.9 Å². The van der Waals surface area contributed by atoms with Gasteiger partial charge in [-0.15, -0.1) is 0 Å². The predicted molar refractivity (Wildman–Crippen MR) is 105 cm³/mol. The Balaban J connectivity index is 1.79. The Morgan fingerprint density at radius 3 is 2.61 bits per heavy atom. The summed E-state index contributed by atoms with van der Waals surface area (Å²) >= 11 is 14.7. The third-order valence-electron chi connectivity index (χ3n) is 3.08. The van der Waals surface area contributed by atoms with Gasteiger partial charge in [-0.25, -0.2) is 0 Å². The average Bonchev–Trinajstić information content (AvgIpc) is 2.50. The van der Waals surface area contributed by atoms with E-state index in [4.69, 9.17) is 28.6 Å². The zero-order valence-corrected chi connectivity index (χ0v) is 16.1. The standard InChI is InChI=1S/C17H18BrClN2OS/c1-11-3-6-14(7-4-11)22-10-12(2)20-17(23)21-13-5-8-15(18)16(19)9-13/h3-9,12H,10H2,1-2H3,(H2,20,21,23)/t12-/m0/s1. The highest BCUT2D eigenvalue weighted by molar-refractivity contribution is 9.10. The van der Waals surface area contributed by atoms with E-state index in [1.807, 2.05) is 56.3 Å². The van der Waals surface area contributed by atoms with Crippen molar-refractivity contribution in [3.63, 3.8) is 0 Å². The minimum absolute atomic E-state index is 0.0715. The van der Waals surface area contributed by atoms with Crippen LogP contribution >= 0.6 is 39.7 Å². The van der Waals surface area contributed by atoms with Gasteiger partial charge in [0.15, 0.2) is 5.11 Å². The van der Waals surface area contributed by atoms with E-state index in [-0.39, 0.29) is 6.04 Å². The third-order valence-corrected chi connectivity index (χ3v) is 4.53. The molecule has 2 rings (SSSR count). The number of anilines is 1. The molecule has 0 radical (unpaired) electrons. The number of aryl methyl sites for hydroxylation is 1. The first-order valence-electron chi connectivity index (χ1n) is 7.16. The fraction of sp³-hybridized carbons (Fsp3) is 0.235. The van der Waals surface area contributed by atoms with Crippen LogP contribution in [0, 0.1) is 6.92 Å². The van der Waals surface area contributed by atoms with Crippen LogP contribution in [0.15, 0.2) is 46.9 Å². The monoisotopic (exact) mass is 412 g/mol. The van der Waals surface area contributed by atoms with Crippen LogP contribution in [0.25, 0.3) is 0 Å². The molecule has 2 aromatic carbocycles. The van der Waals surface area contributed by atoms with Gasteiger partial charge in [0, 0.05) is 10.2 Å². The van der Waals surface area contributed by atoms with Crippen LogP contribution in [0.5, 0.6) is 5.75 Å². The molecule has 0 unspecified atom stereocenters. The summed E-state index contributed by atoms with van der Waals surface area (Å²) in [5.74, 6) is 0.850. The Kier molecular flexibility index (Phi) is 6.69. The SMILES string of the molecule is Cc1ccc(OC[C@H](C)NC(=S)Nc2ccc(Br)c(Cl)c2)cc1. The van der Waals surface area contributed by atoms with Crippen LogP contribution in [0.4, 0.5) is 5.69 Å². The van der Waals surface area contributed by atoms with Crippen molar-refractivity contribution in [2.45, 2.75) is 19.9 Å². The molecule has 0 heterocycles. The van der Waals surface area contributed by atoms with E-state index in [0.29, 0.717) is 16.7 Å². The Labute approximate surface area is 155 Å². The van der Waals surface area contributed by atoms with Gasteiger partial charge in [-0.2, -0.15) is 0 Å². The van der Waals surface area contributed by atoms with Gasteiger partial charge in [0.1, 0.15) is 12.4 Å². The summed E-state index contributed by atoms with van der Waals surface area (Å²) in [6.07, 6.45) is 0. The molecule has 3 nitrogen and oxygen atoms in total. The number of hydrogen-bond donors (Lipinski definition) is 2. The molecule has 1 atom stereocenters. The fourth-order valence-electron chi connectivity index (χ4n) is 1.86. The van der Waals surface area contributed by atoms with Crippen molar-refractivity contribution in [2.24, 2.45) is 0 Å². The molecular weight excluding hydrogens is 396 g/mol. The van der Waals surface area contributed by atoms with E-state index in [1.54, 1.807) is 0 Å². The number of benzene rings is 2. The first kappa shape index (κ1) is 18.0. The third kappa shape index (κ3) is 6.01. The molecule has 0 fully saturated rings. The zero-order valence-electron chi connectivity index (χ0n) is 12.9. The van der Waals surface area contributed by atoms with Crippen LogP contribution in [-0.2, 0) is 0 Å². The van der Waals surface area contributed by atoms with Gasteiger partial charge in [0.2, 0.25) is 0 Å². The van der Waals surface area contributed by atoms with E-state index < -0.39 is 0 Å². The lowest BCUT2D eigenvalue weighted by molar-refractivity contribution is 0.287. The highest BCUT2D eigenvalue weighted by atomic mass is 79.9. The van der Waals surface area contributed by atoms with Crippen LogP contribution < -0.4 is 15.4 Å². The fourth-order valence-corrected chi connectivity index (χ4v) is 2.61. The van der Waals surface area contributed by atoms with Crippen molar-refractivity contribution in [3.05, 3.63) is 57.5 Å². The van der Waals surface area contributed by atoms with Gasteiger partial charge in [-0.3, -0.25) is 0 Å².